The zero-order valence-corrected chi connectivity index (χ0v) is 16.9. The second-order valence-corrected chi connectivity index (χ2v) is 7.26. The summed E-state index contributed by atoms with van der Waals surface area (Å²) in [6.07, 6.45) is 0. The molecule has 144 valence electrons. The van der Waals surface area contributed by atoms with Crippen molar-refractivity contribution < 1.29 is 14.3 Å². The normalized spacial score (nSPS) is 10.6. The van der Waals surface area contributed by atoms with Crippen molar-refractivity contribution in [3.05, 3.63) is 58.7 Å². The van der Waals surface area contributed by atoms with Gasteiger partial charge in [0.1, 0.15) is 5.75 Å². The van der Waals surface area contributed by atoms with Crippen LogP contribution in [0.5, 0.6) is 5.75 Å². The van der Waals surface area contributed by atoms with Gasteiger partial charge >= 0.3 is 0 Å². The number of aryl methyl sites for hydroxylation is 2. The molecule has 1 N–H and O–H groups in total. The molecular weight excluding hydrogens is 340 g/mol. The molecule has 0 aliphatic rings. The maximum atomic E-state index is 12.4. The molecule has 27 heavy (non-hydrogen) atoms. The number of nitrogens with zero attached hydrogens (tertiary/aromatic N) is 1. The summed E-state index contributed by atoms with van der Waals surface area (Å²) in [4.78, 5) is 26.0. The highest BCUT2D eigenvalue weighted by Crippen LogP contribution is 2.27. The second kappa shape index (κ2) is 8.71. The molecule has 0 fully saturated rings. The maximum Gasteiger partial charge on any atom is 0.262 e. The van der Waals surface area contributed by atoms with Crippen LogP contribution >= 0.6 is 0 Å². The number of carbonyl (C=O) groups excluding carboxylic acids is 2. The van der Waals surface area contributed by atoms with Crippen LogP contribution in [0.1, 0.15) is 46.8 Å². The number of ether oxygens (including phenoxy) is 1. The van der Waals surface area contributed by atoms with E-state index in [0.717, 1.165) is 22.4 Å². The predicted octanol–water partition coefficient (Wildman–Crippen LogP) is 4.15. The molecule has 0 bridgehead atoms. The van der Waals surface area contributed by atoms with Crippen LogP contribution in [-0.4, -0.2) is 37.4 Å². The minimum absolute atomic E-state index is 0.0888. The Balaban J connectivity index is 2.10. The molecule has 0 saturated heterocycles. The highest BCUT2D eigenvalue weighted by atomic mass is 16.5. The van der Waals surface area contributed by atoms with Crippen LogP contribution in [0.3, 0.4) is 0 Å². The van der Waals surface area contributed by atoms with Gasteiger partial charge in [-0.25, -0.2) is 0 Å². The molecule has 0 aliphatic heterocycles. The zero-order chi connectivity index (χ0) is 20.1. The van der Waals surface area contributed by atoms with Crippen molar-refractivity contribution in [2.75, 3.05) is 26.0 Å². The first kappa shape index (κ1) is 20.5. The van der Waals surface area contributed by atoms with Crippen LogP contribution in [-0.2, 0) is 4.79 Å². The lowest BCUT2D eigenvalue weighted by Gasteiger charge is -2.16. The molecule has 0 atom stereocenters. The minimum Gasteiger partial charge on any atom is -0.483 e. The predicted molar refractivity (Wildman–Crippen MR) is 109 cm³/mol. The van der Waals surface area contributed by atoms with E-state index in [4.69, 9.17) is 4.74 Å². The molecule has 2 aromatic rings. The number of amides is 2. The summed E-state index contributed by atoms with van der Waals surface area (Å²) in [5, 5.41) is 2.84. The molecule has 0 saturated carbocycles. The molecule has 0 heterocycles. The summed E-state index contributed by atoms with van der Waals surface area (Å²) >= 11 is 0. The van der Waals surface area contributed by atoms with Gasteiger partial charge in [0, 0.05) is 25.3 Å². The van der Waals surface area contributed by atoms with Gasteiger partial charge in [0.2, 0.25) is 0 Å². The van der Waals surface area contributed by atoms with Crippen LogP contribution in [0.2, 0.25) is 0 Å². The third-order valence-electron chi connectivity index (χ3n) is 4.31. The van der Waals surface area contributed by atoms with Crippen molar-refractivity contribution in [1.82, 2.24) is 4.90 Å². The molecule has 2 rings (SSSR count). The fraction of sp³-hybridized carbons (Fsp3) is 0.364. The second-order valence-electron chi connectivity index (χ2n) is 7.26. The van der Waals surface area contributed by atoms with E-state index in [-0.39, 0.29) is 18.4 Å². The fourth-order valence-corrected chi connectivity index (χ4v) is 2.72. The number of hydrogen-bond acceptors (Lipinski definition) is 3. The monoisotopic (exact) mass is 368 g/mol. The van der Waals surface area contributed by atoms with Crippen molar-refractivity contribution in [2.24, 2.45) is 0 Å². The summed E-state index contributed by atoms with van der Waals surface area (Å²) in [7, 11) is 3.39. The first-order valence-electron chi connectivity index (χ1n) is 9.04. The number of benzene rings is 2. The van der Waals surface area contributed by atoms with E-state index < -0.39 is 0 Å². The first-order valence-corrected chi connectivity index (χ1v) is 9.04. The number of nitrogens with one attached hydrogen (secondary N) is 1. The largest absolute Gasteiger partial charge is 0.483 e. The Morgan fingerprint density at radius 1 is 1.07 bits per heavy atom. The lowest BCUT2D eigenvalue weighted by molar-refractivity contribution is -0.118. The zero-order valence-electron chi connectivity index (χ0n) is 16.9. The molecule has 5 heteroatoms. The van der Waals surface area contributed by atoms with Crippen LogP contribution in [0.25, 0.3) is 0 Å². The molecule has 2 aromatic carbocycles. The summed E-state index contributed by atoms with van der Waals surface area (Å²) in [5.41, 5.74) is 4.19. The summed E-state index contributed by atoms with van der Waals surface area (Å²) in [6.45, 7) is 7.97. The first-order chi connectivity index (χ1) is 12.7. The van der Waals surface area contributed by atoms with Crippen molar-refractivity contribution in [1.29, 1.82) is 0 Å². The van der Waals surface area contributed by atoms with Crippen molar-refractivity contribution in [3.63, 3.8) is 0 Å². The fourth-order valence-electron chi connectivity index (χ4n) is 2.72. The van der Waals surface area contributed by atoms with Gasteiger partial charge in [-0.1, -0.05) is 32.0 Å². The smallest absolute Gasteiger partial charge is 0.262 e. The van der Waals surface area contributed by atoms with Crippen LogP contribution in [0, 0.1) is 13.8 Å². The SMILES string of the molecule is Cc1ccc(C(C)C)c(OCC(=O)Nc2cc(C(=O)N(C)C)ccc2C)c1. The topological polar surface area (TPSA) is 58.6 Å². The minimum atomic E-state index is -0.260. The molecular formula is C22H28N2O3. The molecule has 5 nitrogen and oxygen atoms in total. The van der Waals surface area contributed by atoms with Crippen LogP contribution in [0.15, 0.2) is 36.4 Å². The van der Waals surface area contributed by atoms with Crippen molar-refractivity contribution in [2.45, 2.75) is 33.6 Å². The van der Waals surface area contributed by atoms with Gasteiger partial charge in [-0.05, 0) is 54.7 Å². The molecule has 0 radical (unpaired) electrons. The lowest BCUT2D eigenvalue weighted by Crippen LogP contribution is -2.23. The van der Waals surface area contributed by atoms with Gasteiger partial charge in [0.15, 0.2) is 6.61 Å². The number of carbonyl (C=O) groups is 2. The molecule has 0 unspecified atom stereocenters. The Bertz CT molecular complexity index is 841. The van der Waals surface area contributed by atoms with Gasteiger partial charge in [-0.3, -0.25) is 9.59 Å². The molecule has 0 spiro atoms. The quantitative estimate of drug-likeness (QED) is 0.833. The van der Waals surface area contributed by atoms with Gasteiger partial charge in [0.05, 0.1) is 0 Å². The van der Waals surface area contributed by atoms with Gasteiger partial charge in [-0.2, -0.15) is 0 Å². The van der Waals surface area contributed by atoms with Gasteiger partial charge in [0.25, 0.3) is 11.8 Å². The van der Waals surface area contributed by atoms with Gasteiger partial charge in [-0.15, -0.1) is 0 Å². The number of anilines is 1. The van der Waals surface area contributed by atoms with Crippen LogP contribution in [0.4, 0.5) is 5.69 Å². The maximum absolute atomic E-state index is 12.4. The highest BCUT2D eigenvalue weighted by Gasteiger charge is 2.13. The van der Waals surface area contributed by atoms with E-state index in [2.05, 4.69) is 19.2 Å². The third-order valence-corrected chi connectivity index (χ3v) is 4.31. The standard InChI is InChI=1S/C22H28N2O3/c1-14(2)18-10-7-15(3)11-20(18)27-13-21(25)23-19-12-17(9-8-16(19)4)22(26)24(5)6/h7-12,14H,13H2,1-6H3,(H,23,25). The van der Waals surface area contributed by atoms with E-state index >= 15 is 0 Å². The highest BCUT2D eigenvalue weighted by molar-refractivity contribution is 5.97. The molecule has 2 amide bonds. The Hall–Kier alpha value is -2.82. The summed E-state index contributed by atoms with van der Waals surface area (Å²) < 4.78 is 5.78. The van der Waals surface area contributed by atoms with Crippen molar-refractivity contribution in [3.8, 4) is 5.75 Å². The average Bonchev–Trinajstić information content (AvgIpc) is 2.60. The van der Waals surface area contributed by atoms with E-state index in [1.165, 1.54) is 4.90 Å². The van der Waals surface area contributed by atoms with Crippen molar-refractivity contribution >= 4 is 17.5 Å². The van der Waals surface area contributed by atoms with Crippen LogP contribution < -0.4 is 10.1 Å². The van der Waals surface area contributed by atoms with E-state index in [1.807, 2.05) is 38.1 Å². The Labute approximate surface area is 161 Å². The Morgan fingerprint density at radius 3 is 2.41 bits per heavy atom. The number of hydrogen-bond donors (Lipinski definition) is 1. The lowest BCUT2D eigenvalue weighted by atomic mass is 10.0. The Kier molecular flexibility index (Phi) is 6.61. The molecule has 0 aliphatic carbocycles. The van der Waals surface area contributed by atoms with E-state index in [0.29, 0.717) is 17.2 Å². The van der Waals surface area contributed by atoms with E-state index in [1.54, 1.807) is 26.2 Å². The Morgan fingerprint density at radius 2 is 1.78 bits per heavy atom. The average molecular weight is 368 g/mol. The number of rotatable bonds is 6. The van der Waals surface area contributed by atoms with Gasteiger partial charge < -0.3 is 15.0 Å². The summed E-state index contributed by atoms with van der Waals surface area (Å²) in [6, 6.07) is 11.3. The van der Waals surface area contributed by atoms with E-state index in [9.17, 15) is 9.59 Å². The summed E-state index contributed by atoms with van der Waals surface area (Å²) in [5.74, 6) is 0.667. The third kappa shape index (κ3) is 5.33. The molecule has 0 aromatic heterocycles.